The van der Waals surface area contributed by atoms with Gasteiger partial charge in [-0.05, 0) is 24.6 Å². The molecule has 1 aliphatic rings. The monoisotopic (exact) mass is 303 g/mol. The number of rotatable bonds is 4. The van der Waals surface area contributed by atoms with Gasteiger partial charge in [-0.1, -0.05) is 17.3 Å². The van der Waals surface area contributed by atoms with Gasteiger partial charge >= 0.3 is 5.97 Å². The van der Waals surface area contributed by atoms with Crippen LogP contribution in [-0.2, 0) is 14.4 Å². The average molecular weight is 303 g/mol. The molecule has 0 saturated heterocycles. The van der Waals surface area contributed by atoms with E-state index in [1.165, 1.54) is 19.2 Å². The molecule has 7 nitrogen and oxygen atoms in total. The summed E-state index contributed by atoms with van der Waals surface area (Å²) >= 11 is 0. The molecule has 0 radical (unpaired) electrons. The molecular weight excluding hydrogens is 286 g/mol. The highest BCUT2D eigenvalue weighted by Gasteiger charge is 2.37. The van der Waals surface area contributed by atoms with Crippen molar-refractivity contribution in [3.63, 3.8) is 0 Å². The molecule has 22 heavy (non-hydrogen) atoms. The molecule has 116 valence electrons. The molecule has 1 unspecified atom stereocenters. The predicted molar refractivity (Wildman–Crippen MR) is 80.7 cm³/mol. The topological polar surface area (TPSA) is 80.6 Å². The fourth-order valence-corrected chi connectivity index (χ4v) is 2.26. The Morgan fingerprint density at radius 2 is 1.91 bits per heavy atom. The van der Waals surface area contributed by atoms with Gasteiger partial charge < -0.3 is 9.57 Å². The summed E-state index contributed by atoms with van der Waals surface area (Å²) in [7, 11) is 4.34. The molecule has 1 aliphatic heterocycles. The summed E-state index contributed by atoms with van der Waals surface area (Å²) in [6, 6.07) is 6.72. The molecule has 0 saturated carbocycles. The normalized spacial score (nSPS) is 18.3. The van der Waals surface area contributed by atoms with Crippen molar-refractivity contribution in [3.8, 4) is 0 Å². The Bertz CT molecular complexity index is 649. The second-order valence-electron chi connectivity index (χ2n) is 4.76. The quantitative estimate of drug-likeness (QED) is 0.477. The Morgan fingerprint density at radius 3 is 2.45 bits per heavy atom. The van der Waals surface area contributed by atoms with Crippen molar-refractivity contribution in [2.75, 3.05) is 21.3 Å². The maximum absolute atomic E-state index is 12.2. The summed E-state index contributed by atoms with van der Waals surface area (Å²) in [4.78, 5) is 28.4. The Hall–Kier alpha value is -2.70. The minimum atomic E-state index is -0.589. The Kier molecular flexibility index (Phi) is 4.55. The molecule has 1 amide bonds. The summed E-state index contributed by atoms with van der Waals surface area (Å²) in [5.41, 5.74) is 2.26. The number of esters is 1. The van der Waals surface area contributed by atoms with E-state index in [2.05, 4.69) is 15.0 Å². The van der Waals surface area contributed by atoms with Crippen molar-refractivity contribution in [2.45, 2.75) is 6.92 Å². The molecule has 0 bridgehead atoms. The molecule has 1 aromatic rings. The Morgan fingerprint density at radius 1 is 1.27 bits per heavy atom. The first-order valence-electron chi connectivity index (χ1n) is 6.62. The van der Waals surface area contributed by atoms with Crippen molar-refractivity contribution in [3.05, 3.63) is 35.4 Å². The van der Waals surface area contributed by atoms with Crippen LogP contribution in [0.5, 0.6) is 0 Å². The molecule has 1 atom stereocenters. The highest BCUT2D eigenvalue weighted by Crippen LogP contribution is 2.22. The van der Waals surface area contributed by atoms with Crippen molar-refractivity contribution in [2.24, 2.45) is 16.2 Å². The number of methoxy groups -OCH3 is 1. The predicted octanol–water partition coefficient (Wildman–Crippen LogP) is 1.29. The highest BCUT2D eigenvalue weighted by molar-refractivity contribution is 6.28. The molecule has 0 fully saturated rings. The van der Waals surface area contributed by atoms with E-state index in [1.54, 1.807) is 38.2 Å². The third kappa shape index (κ3) is 2.83. The number of carbonyl (C=O) groups excluding carboxylic acids is 2. The van der Waals surface area contributed by atoms with Crippen molar-refractivity contribution in [1.29, 1.82) is 0 Å². The van der Waals surface area contributed by atoms with E-state index in [1.807, 2.05) is 0 Å². The van der Waals surface area contributed by atoms with Gasteiger partial charge in [-0.15, -0.1) is 0 Å². The number of hydrazone groups is 1. The van der Waals surface area contributed by atoms with Crippen LogP contribution in [0, 0.1) is 5.92 Å². The lowest BCUT2D eigenvalue weighted by Gasteiger charge is -2.11. The van der Waals surface area contributed by atoms with Gasteiger partial charge in [0.15, 0.2) is 0 Å². The molecule has 1 aromatic carbocycles. The summed E-state index contributed by atoms with van der Waals surface area (Å²) in [6.45, 7) is 1.71. The molecule has 0 aromatic heterocycles. The van der Waals surface area contributed by atoms with Crippen LogP contribution >= 0.6 is 0 Å². The van der Waals surface area contributed by atoms with Gasteiger partial charge in [0.2, 0.25) is 0 Å². The first-order valence-corrected chi connectivity index (χ1v) is 6.62. The first-order chi connectivity index (χ1) is 10.5. The standard InChI is InChI=1S/C15H17N3O4/c1-9(17-22-4)12-13(16-18(2)14(12)19)10-5-7-11(8-6-10)15(20)21-3/h5-8,12H,1-4H3. The minimum Gasteiger partial charge on any atom is -0.465 e. The fraction of sp³-hybridized carbons (Fsp3) is 0.333. The number of oxime groups is 1. The number of hydrogen-bond acceptors (Lipinski definition) is 6. The van der Waals surface area contributed by atoms with E-state index >= 15 is 0 Å². The van der Waals surface area contributed by atoms with Crippen LogP contribution in [0.4, 0.5) is 0 Å². The average Bonchev–Trinajstić information content (AvgIpc) is 2.82. The maximum atomic E-state index is 12.2. The van der Waals surface area contributed by atoms with E-state index in [-0.39, 0.29) is 5.91 Å². The largest absolute Gasteiger partial charge is 0.465 e. The van der Waals surface area contributed by atoms with E-state index in [0.717, 1.165) is 5.56 Å². The second kappa shape index (κ2) is 6.38. The third-order valence-corrected chi connectivity index (χ3v) is 3.35. The Labute approximate surface area is 128 Å². The fourth-order valence-electron chi connectivity index (χ4n) is 2.26. The van der Waals surface area contributed by atoms with Crippen LogP contribution in [0.2, 0.25) is 0 Å². The molecule has 0 aliphatic carbocycles. The third-order valence-electron chi connectivity index (χ3n) is 3.35. The SMILES string of the molecule is CON=C(C)C1C(=O)N(C)N=C1c1ccc(C(=O)OC)cc1. The molecule has 2 rings (SSSR count). The van der Waals surface area contributed by atoms with Gasteiger partial charge in [0.1, 0.15) is 13.0 Å². The molecule has 0 spiro atoms. The van der Waals surface area contributed by atoms with Crippen LogP contribution in [0.1, 0.15) is 22.8 Å². The van der Waals surface area contributed by atoms with E-state index in [4.69, 9.17) is 4.84 Å². The van der Waals surface area contributed by atoms with E-state index in [0.29, 0.717) is 17.0 Å². The lowest BCUT2D eigenvalue weighted by Crippen LogP contribution is -2.31. The van der Waals surface area contributed by atoms with Gasteiger partial charge in [-0.3, -0.25) is 4.79 Å². The van der Waals surface area contributed by atoms with Crippen molar-refractivity contribution in [1.82, 2.24) is 5.01 Å². The number of nitrogens with zero attached hydrogens (tertiary/aromatic N) is 3. The smallest absolute Gasteiger partial charge is 0.337 e. The summed E-state index contributed by atoms with van der Waals surface area (Å²) in [5, 5.41) is 9.39. The minimum absolute atomic E-state index is 0.176. The zero-order valence-corrected chi connectivity index (χ0v) is 12.9. The van der Waals surface area contributed by atoms with Crippen LogP contribution in [-0.4, -0.2) is 49.6 Å². The molecule has 1 heterocycles. The number of benzene rings is 1. The van der Waals surface area contributed by atoms with Crippen molar-refractivity contribution < 1.29 is 19.2 Å². The lowest BCUT2D eigenvalue weighted by atomic mass is 9.92. The van der Waals surface area contributed by atoms with Crippen molar-refractivity contribution >= 4 is 23.3 Å². The molecule has 0 N–H and O–H groups in total. The van der Waals surface area contributed by atoms with Gasteiger partial charge in [0.25, 0.3) is 5.91 Å². The maximum Gasteiger partial charge on any atom is 0.337 e. The summed E-state index contributed by atoms with van der Waals surface area (Å²) < 4.78 is 4.66. The number of carbonyl (C=O) groups is 2. The zero-order valence-electron chi connectivity index (χ0n) is 12.9. The van der Waals surface area contributed by atoms with Gasteiger partial charge in [-0.2, -0.15) is 5.10 Å². The molecular formula is C15H17N3O4. The Balaban J connectivity index is 2.37. The van der Waals surface area contributed by atoms with Crippen LogP contribution < -0.4 is 0 Å². The summed E-state index contributed by atoms with van der Waals surface area (Å²) in [5.74, 6) is -1.18. The highest BCUT2D eigenvalue weighted by atomic mass is 16.6. The first kappa shape index (κ1) is 15.7. The van der Waals surface area contributed by atoms with Crippen LogP contribution in [0.15, 0.2) is 34.5 Å². The summed E-state index contributed by atoms with van der Waals surface area (Å²) in [6.07, 6.45) is 0. The lowest BCUT2D eigenvalue weighted by molar-refractivity contribution is -0.128. The van der Waals surface area contributed by atoms with Crippen LogP contribution in [0.25, 0.3) is 0 Å². The van der Waals surface area contributed by atoms with Crippen LogP contribution in [0.3, 0.4) is 0 Å². The van der Waals surface area contributed by atoms with Gasteiger partial charge in [0.05, 0.1) is 24.1 Å². The second-order valence-corrected chi connectivity index (χ2v) is 4.76. The van der Waals surface area contributed by atoms with Gasteiger partial charge in [-0.25, -0.2) is 9.80 Å². The zero-order chi connectivity index (χ0) is 16.3. The number of ether oxygens (including phenoxy) is 1. The van der Waals surface area contributed by atoms with E-state index in [9.17, 15) is 9.59 Å². The number of hydrogen-bond donors (Lipinski definition) is 0. The van der Waals surface area contributed by atoms with Gasteiger partial charge in [0, 0.05) is 7.05 Å². The van der Waals surface area contributed by atoms with E-state index < -0.39 is 11.9 Å². The number of amides is 1. The molecule has 7 heteroatoms.